The third-order valence-electron chi connectivity index (χ3n) is 5.28. The lowest BCUT2D eigenvalue weighted by Gasteiger charge is -2.48. The zero-order valence-corrected chi connectivity index (χ0v) is 12.0. The van der Waals surface area contributed by atoms with Crippen LogP contribution in [0.2, 0.25) is 0 Å². The van der Waals surface area contributed by atoms with E-state index in [0.29, 0.717) is 12.0 Å². The first-order valence-corrected chi connectivity index (χ1v) is 7.82. The second kappa shape index (κ2) is 5.68. The fraction of sp³-hybridized carbons (Fsp3) is 1.00. The zero-order valence-electron chi connectivity index (χ0n) is 12.0. The molecule has 0 amide bonds. The molecule has 0 radical (unpaired) electrons. The molecule has 1 N–H and O–H groups in total. The highest BCUT2D eigenvalue weighted by molar-refractivity contribution is 4.94. The van der Waals surface area contributed by atoms with E-state index in [9.17, 15) is 5.11 Å². The second-order valence-electron chi connectivity index (χ2n) is 6.62. The number of nitrogens with zero attached hydrogens (tertiary/aromatic N) is 1. The van der Waals surface area contributed by atoms with Gasteiger partial charge in [-0.2, -0.15) is 0 Å². The van der Waals surface area contributed by atoms with Crippen LogP contribution in [0.3, 0.4) is 0 Å². The van der Waals surface area contributed by atoms with E-state index in [1.807, 2.05) is 0 Å². The number of likely N-dealkylation sites (tertiary alicyclic amines) is 1. The Hall–Kier alpha value is -0.160. The van der Waals surface area contributed by atoms with Crippen LogP contribution in [-0.2, 0) is 9.47 Å². The summed E-state index contributed by atoms with van der Waals surface area (Å²) < 4.78 is 11.6. The van der Waals surface area contributed by atoms with Gasteiger partial charge in [0.25, 0.3) is 0 Å². The van der Waals surface area contributed by atoms with Crippen LogP contribution in [0.15, 0.2) is 0 Å². The lowest BCUT2D eigenvalue weighted by atomic mass is 9.82. The Morgan fingerprint density at radius 2 is 1.95 bits per heavy atom. The van der Waals surface area contributed by atoms with E-state index in [1.165, 1.54) is 0 Å². The molecule has 0 saturated carbocycles. The summed E-state index contributed by atoms with van der Waals surface area (Å²) in [6.45, 7) is 6.84. The van der Waals surface area contributed by atoms with Gasteiger partial charge in [-0.3, -0.25) is 4.90 Å². The Kier molecular flexibility index (Phi) is 4.13. The fourth-order valence-corrected chi connectivity index (χ4v) is 3.90. The third kappa shape index (κ3) is 2.97. The zero-order chi connectivity index (χ0) is 13.3. The Balaban J connectivity index is 1.61. The molecule has 3 aliphatic heterocycles. The molecule has 19 heavy (non-hydrogen) atoms. The van der Waals surface area contributed by atoms with Gasteiger partial charge in [0.05, 0.1) is 11.7 Å². The van der Waals surface area contributed by atoms with Gasteiger partial charge in [0.2, 0.25) is 0 Å². The quantitative estimate of drug-likeness (QED) is 0.782. The van der Waals surface area contributed by atoms with Crippen molar-refractivity contribution in [3.05, 3.63) is 0 Å². The van der Waals surface area contributed by atoms with Crippen LogP contribution in [-0.4, -0.2) is 60.7 Å². The van der Waals surface area contributed by atoms with Crippen LogP contribution < -0.4 is 0 Å². The number of hydrogen-bond donors (Lipinski definition) is 1. The smallest absolute Gasteiger partial charge is 0.0741 e. The van der Waals surface area contributed by atoms with Gasteiger partial charge in [-0.05, 0) is 38.0 Å². The second-order valence-corrected chi connectivity index (χ2v) is 6.62. The SMILES string of the molecule is CC1CN(C2CCOC3(CCOCC3)C2)CCC1O. The van der Waals surface area contributed by atoms with E-state index in [4.69, 9.17) is 9.47 Å². The monoisotopic (exact) mass is 269 g/mol. The summed E-state index contributed by atoms with van der Waals surface area (Å²) in [6.07, 6.45) is 5.22. The molecule has 4 heteroatoms. The molecule has 110 valence electrons. The summed E-state index contributed by atoms with van der Waals surface area (Å²) in [6, 6.07) is 0.641. The van der Waals surface area contributed by atoms with Gasteiger partial charge in [-0.15, -0.1) is 0 Å². The van der Waals surface area contributed by atoms with Gasteiger partial charge < -0.3 is 14.6 Å². The van der Waals surface area contributed by atoms with Crippen LogP contribution in [0.4, 0.5) is 0 Å². The standard InChI is InChI=1S/C15H27NO3/c1-12-11-16(6-2-14(12)17)13-3-7-19-15(10-13)4-8-18-9-5-15/h12-14,17H,2-11H2,1H3. The summed E-state index contributed by atoms with van der Waals surface area (Å²) >= 11 is 0. The largest absolute Gasteiger partial charge is 0.393 e. The van der Waals surface area contributed by atoms with Crippen LogP contribution in [0, 0.1) is 5.92 Å². The van der Waals surface area contributed by atoms with Gasteiger partial charge in [0, 0.05) is 39.0 Å². The number of aliphatic hydroxyl groups is 1. The topological polar surface area (TPSA) is 41.9 Å². The normalized spacial score (nSPS) is 40.4. The molecule has 0 aromatic heterocycles. The minimum absolute atomic E-state index is 0.0838. The summed E-state index contributed by atoms with van der Waals surface area (Å²) in [5.74, 6) is 0.405. The number of aliphatic hydroxyl groups excluding tert-OH is 1. The highest BCUT2D eigenvalue weighted by atomic mass is 16.5. The lowest BCUT2D eigenvalue weighted by molar-refractivity contribution is -0.155. The Morgan fingerprint density at radius 3 is 2.68 bits per heavy atom. The van der Waals surface area contributed by atoms with Crippen molar-refractivity contribution >= 4 is 0 Å². The molecule has 4 nitrogen and oxygen atoms in total. The highest BCUT2D eigenvalue weighted by Gasteiger charge is 2.41. The fourth-order valence-electron chi connectivity index (χ4n) is 3.90. The van der Waals surface area contributed by atoms with Crippen molar-refractivity contribution in [1.82, 2.24) is 4.90 Å². The lowest BCUT2D eigenvalue weighted by Crippen LogP contribution is -2.54. The van der Waals surface area contributed by atoms with E-state index in [0.717, 1.165) is 65.0 Å². The molecule has 3 saturated heterocycles. The van der Waals surface area contributed by atoms with E-state index >= 15 is 0 Å². The number of rotatable bonds is 1. The minimum atomic E-state index is -0.104. The number of ether oxygens (including phenoxy) is 2. The molecule has 3 aliphatic rings. The molecule has 0 bridgehead atoms. The first-order valence-electron chi connectivity index (χ1n) is 7.82. The molecule has 0 aromatic carbocycles. The summed E-state index contributed by atoms with van der Waals surface area (Å²) in [7, 11) is 0. The average Bonchev–Trinajstić information content (AvgIpc) is 2.43. The molecule has 3 rings (SSSR count). The number of piperidine rings is 1. The first kappa shape index (κ1) is 13.8. The Morgan fingerprint density at radius 1 is 1.16 bits per heavy atom. The third-order valence-corrected chi connectivity index (χ3v) is 5.28. The van der Waals surface area contributed by atoms with Crippen molar-refractivity contribution in [2.45, 2.75) is 56.8 Å². The van der Waals surface area contributed by atoms with Crippen LogP contribution in [0.25, 0.3) is 0 Å². The molecule has 0 aliphatic carbocycles. The maximum Gasteiger partial charge on any atom is 0.0741 e. The molecular weight excluding hydrogens is 242 g/mol. The van der Waals surface area contributed by atoms with Crippen LogP contribution >= 0.6 is 0 Å². The Bertz CT molecular complexity index is 298. The predicted molar refractivity (Wildman–Crippen MR) is 73.1 cm³/mol. The van der Waals surface area contributed by atoms with Crippen LogP contribution in [0.5, 0.6) is 0 Å². The van der Waals surface area contributed by atoms with Crippen molar-refractivity contribution in [2.75, 3.05) is 32.9 Å². The van der Waals surface area contributed by atoms with Gasteiger partial charge in [0.1, 0.15) is 0 Å². The average molecular weight is 269 g/mol. The van der Waals surface area contributed by atoms with E-state index < -0.39 is 0 Å². The number of hydrogen-bond acceptors (Lipinski definition) is 4. The van der Waals surface area contributed by atoms with E-state index in [1.54, 1.807) is 0 Å². The molecule has 3 atom stereocenters. The molecule has 0 aromatic rings. The van der Waals surface area contributed by atoms with Crippen molar-refractivity contribution in [3.8, 4) is 0 Å². The molecule has 3 unspecified atom stereocenters. The van der Waals surface area contributed by atoms with Gasteiger partial charge in [-0.25, -0.2) is 0 Å². The molecule has 3 heterocycles. The maximum atomic E-state index is 9.87. The minimum Gasteiger partial charge on any atom is -0.393 e. The van der Waals surface area contributed by atoms with E-state index in [2.05, 4.69) is 11.8 Å². The summed E-state index contributed by atoms with van der Waals surface area (Å²) in [5.41, 5.74) is 0.0838. The summed E-state index contributed by atoms with van der Waals surface area (Å²) in [4.78, 5) is 2.59. The molecule has 3 fully saturated rings. The van der Waals surface area contributed by atoms with E-state index in [-0.39, 0.29) is 11.7 Å². The highest BCUT2D eigenvalue weighted by Crippen LogP contribution is 2.37. The molecule has 1 spiro atoms. The predicted octanol–water partition coefficient (Wildman–Crippen LogP) is 1.42. The maximum absolute atomic E-state index is 9.87. The summed E-state index contributed by atoms with van der Waals surface area (Å²) in [5, 5.41) is 9.87. The van der Waals surface area contributed by atoms with Crippen LogP contribution in [0.1, 0.15) is 39.0 Å². The Labute approximate surface area is 116 Å². The van der Waals surface area contributed by atoms with Gasteiger partial charge >= 0.3 is 0 Å². The van der Waals surface area contributed by atoms with Crippen molar-refractivity contribution < 1.29 is 14.6 Å². The van der Waals surface area contributed by atoms with Crippen molar-refractivity contribution in [1.29, 1.82) is 0 Å². The first-order chi connectivity index (χ1) is 9.19. The van der Waals surface area contributed by atoms with Crippen molar-refractivity contribution in [3.63, 3.8) is 0 Å². The van der Waals surface area contributed by atoms with Crippen molar-refractivity contribution in [2.24, 2.45) is 5.92 Å². The molecular formula is C15H27NO3. The van der Waals surface area contributed by atoms with Gasteiger partial charge in [0.15, 0.2) is 0 Å². The van der Waals surface area contributed by atoms with Gasteiger partial charge in [-0.1, -0.05) is 6.92 Å².